The molecule has 4 rings (SSSR count). The van der Waals surface area contributed by atoms with Gasteiger partial charge in [0, 0.05) is 5.56 Å². The van der Waals surface area contributed by atoms with Crippen LogP contribution in [-0.2, 0) is 20.6 Å². The summed E-state index contributed by atoms with van der Waals surface area (Å²) >= 11 is 0.416. The minimum absolute atomic E-state index is 0.158. The van der Waals surface area contributed by atoms with Crippen molar-refractivity contribution in [2.24, 2.45) is 0 Å². The molecule has 2 aliphatic heterocycles. The van der Waals surface area contributed by atoms with Gasteiger partial charge in [-0.15, -0.1) is 0 Å². The summed E-state index contributed by atoms with van der Waals surface area (Å²) < 4.78 is 39.1. The second-order valence-corrected chi connectivity index (χ2v) is 7.52. The molecule has 0 saturated carbocycles. The topological polar surface area (TPSA) is 95.0 Å². The minimum Gasteiger partial charge on any atom is -0.480 e. The van der Waals surface area contributed by atoms with Gasteiger partial charge < -0.3 is 5.11 Å². The first-order chi connectivity index (χ1) is 14.6. The van der Waals surface area contributed by atoms with Crippen LogP contribution in [0.1, 0.15) is 11.1 Å². The average molecular weight is 448 g/mol. The first-order valence-corrected chi connectivity index (χ1v) is 9.52. The molecular formula is C20H11F3N2O5S. The van der Waals surface area contributed by atoms with Crippen molar-refractivity contribution in [3.05, 3.63) is 64.6 Å². The zero-order valence-corrected chi connectivity index (χ0v) is 16.2. The Morgan fingerprint density at radius 2 is 1.71 bits per heavy atom. The van der Waals surface area contributed by atoms with Crippen molar-refractivity contribution in [2.45, 2.75) is 6.18 Å². The average Bonchev–Trinajstić information content (AvgIpc) is 3.14. The first kappa shape index (κ1) is 20.7. The number of carboxylic acid groups (broad SMARTS) is 1. The van der Waals surface area contributed by atoms with E-state index < -0.39 is 41.3 Å². The number of thioether (sulfide) groups is 1. The number of amides is 3. The number of carbonyl (C=O) groups excluding carboxylic acids is 3. The van der Waals surface area contributed by atoms with Gasteiger partial charge in [-0.2, -0.15) is 13.2 Å². The molecule has 0 atom stereocenters. The van der Waals surface area contributed by atoms with Crippen LogP contribution in [0.4, 0.5) is 29.3 Å². The number of anilines is 2. The number of nitrogens with zero attached hydrogens (tertiary/aromatic N) is 2. The SMILES string of the molecule is O=C(O)CN1C(=O)/C(=C2\SC(=O)N(c3cccc(C(F)(F)F)c3)C2=O)c2ccccc21. The molecular weight excluding hydrogens is 437 g/mol. The van der Waals surface area contributed by atoms with E-state index in [2.05, 4.69) is 0 Å². The van der Waals surface area contributed by atoms with Crippen molar-refractivity contribution in [2.75, 3.05) is 16.3 Å². The van der Waals surface area contributed by atoms with Crippen LogP contribution in [0.25, 0.3) is 5.57 Å². The maximum atomic E-state index is 13.0. The maximum absolute atomic E-state index is 13.0. The van der Waals surface area contributed by atoms with E-state index in [4.69, 9.17) is 5.11 Å². The summed E-state index contributed by atoms with van der Waals surface area (Å²) in [7, 11) is 0. The number of hydrogen-bond donors (Lipinski definition) is 1. The zero-order valence-electron chi connectivity index (χ0n) is 15.3. The molecule has 2 aromatic carbocycles. The molecule has 31 heavy (non-hydrogen) atoms. The number of benzene rings is 2. The normalized spacial score (nSPS) is 18.7. The van der Waals surface area contributed by atoms with E-state index in [1.165, 1.54) is 18.2 Å². The lowest BCUT2D eigenvalue weighted by Gasteiger charge is -2.15. The Labute approximate surface area is 176 Å². The summed E-state index contributed by atoms with van der Waals surface area (Å²) in [6.07, 6.45) is -4.67. The van der Waals surface area contributed by atoms with Crippen LogP contribution in [0, 0.1) is 0 Å². The van der Waals surface area contributed by atoms with E-state index in [0.29, 0.717) is 22.7 Å². The molecule has 3 amide bonds. The highest BCUT2D eigenvalue weighted by molar-refractivity contribution is 8.19. The number of hydrogen-bond acceptors (Lipinski definition) is 5. The molecule has 0 aliphatic carbocycles. The molecule has 2 aliphatic rings. The lowest BCUT2D eigenvalue weighted by Crippen LogP contribution is -2.33. The largest absolute Gasteiger partial charge is 0.480 e. The summed E-state index contributed by atoms with van der Waals surface area (Å²) in [4.78, 5) is 50.9. The first-order valence-electron chi connectivity index (χ1n) is 8.70. The molecule has 11 heteroatoms. The van der Waals surface area contributed by atoms with Gasteiger partial charge >= 0.3 is 12.1 Å². The monoisotopic (exact) mass is 448 g/mol. The number of carboxylic acids is 1. The smallest absolute Gasteiger partial charge is 0.416 e. The summed E-state index contributed by atoms with van der Waals surface area (Å²) in [5, 5.41) is 8.24. The minimum atomic E-state index is -4.67. The highest BCUT2D eigenvalue weighted by atomic mass is 32.2. The van der Waals surface area contributed by atoms with Crippen LogP contribution in [0.3, 0.4) is 0 Å². The van der Waals surface area contributed by atoms with Crippen LogP contribution < -0.4 is 9.80 Å². The van der Waals surface area contributed by atoms with Gasteiger partial charge in [-0.3, -0.25) is 24.1 Å². The van der Waals surface area contributed by atoms with E-state index in [1.807, 2.05) is 0 Å². The van der Waals surface area contributed by atoms with Gasteiger partial charge in [0.1, 0.15) is 6.54 Å². The predicted octanol–water partition coefficient (Wildman–Crippen LogP) is 3.75. The second-order valence-electron chi connectivity index (χ2n) is 6.56. The summed E-state index contributed by atoms with van der Waals surface area (Å²) in [5.74, 6) is -3.01. The Morgan fingerprint density at radius 1 is 1.00 bits per heavy atom. The highest BCUT2D eigenvalue weighted by Crippen LogP contribution is 2.45. The quantitative estimate of drug-likeness (QED) is 0.719. The van der Waals surface area contributed by atoms with Crippen LogP contribution in [0.15, 0.2) is 53.4 Å². The molecule has 0 spiro atoms. The fraction of sp³-hybridized carbons (Fsp3) is 0.100. The number of fused-ring (bicyclic) bond motifs is 1. The number of carbonyl (C=O) groups is 4. The molecule has 2 heterocycles. The Kier molecular flexibility index (Phi) is 4.85. The number of para-hydroxylation sites is 1. The molecule has 158 valence electrons. The summed E-state index contributed by atoms with van der Waals surface area (Å²) in [6, 6.07) is 9.89. The van der Waals surface area contributed by atoms with Gasteiger partial charge in [0.25, 0.3) is 17.1 Å². The lowest BCUT2D eigenvalue weighted by atomic mass is 10.1. The van der Waals surface area contributed by atoms with Gasteiger partial charge in [0.2, 0.25) is 0 Å². The van der Waals surface area contributed by atoms with Crippen LogP contribution in [0.2, 0.25) is 0 Å². The molecule has 1 fully saturated rings. The predicted molar refractivity (Wildman–Crippen MR) is 105 cm³/mol. The van der Waals surface area contributed by atoms with E-state index in [-0.39, 0.29) is 27.4 Å². The Balaban J connectivity index is 1.80. The van der Waals surface area contributed by atoms with Crippen LogP contribution >= 0.6 is 11.8 Å². The number of imide groups is 1. The van der Waals surface area contributed by atoms with Gasteiger partial charge in [0.15, 0.2) is 0 Å². The molecule has 0 aromatic heterocycles. The van der Waals surface area contributed by atoms with Gasteiger partial charge in [-0.1, -0.05) is 24.3 Å². The lowest BCUT2D eigenvalue weighted by molar-refractivity contribution is -0.138. The van der Waals surface area contributed by atoms with Crippen molar-refractivity contribution >= 4 is 51.7 Å². The van der Waals surface area contributed by atoms with Crippen molar-refractivity contribution < 1.29 is 37.5 Å². The molecule has 0 bridgehead atoms. The standard InChI is InChI=1S/C20H11F3N2O5S/c21-20(22,23)10-4-3-5-11(8-10)25-18(29)16(31-19(25)30)15-12-6-1-2-7-13(12)24(17(15)28)9-14(26)27/h1-8H,9H2,(H,26,27)/b16-15-. The third kappa shape index (κ3) is 3.46. The fourth-order valence-corrected chi connectivity index (χ4v) is 4.29. The van der Waals surface area contributed by atoms with Gasteiger partial charge in [-0.25, -0.2) is 4.90 Å². The fourth-order valence-electron chi connectivity index (χ4n) is 3.35. The number of rotatable bonds is 3. The van der Waals surface area contributed by atoms with Crippen LogP contribution in [0.5, 0.6) is 0 Å². The van der Waals surface area contributed by atoms with Crippen molar-refractivity contribution in [3.63, 3.8) is 0 Å². The molecule has 0 unspecified atom stereocenters. The molecule has 1 N–H and O–H groups in total. The number of halogens is 3. The summed E-state index contributed by atoms with van der Waals surface area (Å²) in [6.45, 7) is -0.656. The Morgan fingerprint density at radius 3 is 2.39 bits per heavy atom. The molecule has 1 saturated heterocycles. The maximum Gasteiger partial charge on any atom is 0.416 e. The second kappa shape index (κ2) is 7.27. The molecule has 0 radical (unpaired) electrons. The van der Waals surface area contributed by atoms with Gasteiger partial charge in [-0.05, 0) is 36.0 Å². The van der Waals surface area contributed by atoms with E-state index in [0.717, 1.165) is 17.0 Å². The van der Waals surface area contributed by atoms with Crippen LogP contribution in [-0.4, -0.2) is 34.7 Å². The Hall–Kier alpha value is -3.60. The van der Waals surface area contributed by atoms with E-state index >= 15 is 0 Å². The van der Waals surface area contributed by atoms with E-state index in [9.17, 15) is 32.3 Å². The highest BCUT2D eigenvalue weighted by Gasteiger charge is 2.44. The number of alkyl halides is 3. The third-order valence-electron chi connectivity index (χ3n) is 4.64. The molecule has 2 aromatic rings. The van der Waals surface area contributed by atoms with Crippen molar-refractivity contribution in [1.82, 2.24) is 0 Å². The number of aliphatic carboxylic acids is 1. The third-order valence-corrected chi connectivity index (χ3v) is 5.58. The summed E-state index contributed by atoms with van der Waals surface area (Å²) in [5.41, 5.74) is -0.950. The van der Waals surface area contributed by atoms with Crippen molar-refractivity contribution in [1.29, 1.82) is 0 Å². The van der Waals surface area contributed by atoms with Crippen molar-refractivity contribution in [3.8, 4) is 0 Å². The van der Waals surface area contributed by atoms with E-state index in [1.54, 1.807) is 12.1 Å². The molecule has 7 nitrogen and oxygen atoms in total. The zero-order chi connectivity index (χ0) is 22.5. The Bertz CT molecular complexity index is 1190. The van der Waals surface area contributed by atoms with Gasteiger partial charge in [0.05, 0.1) is 27.4 Å².